The molecule has 3 heteroatoms. The van der Waals surface area contributed by atoms with E-state index in [1.54, 1.807) is 0 Å². The third kappa shape index (κ3) is 2.14. The Morgan fingerprint density at radius 2 is 1.85 bits per heavy atom. The number of hydrogen-bond donors (Lipinski definition) is 1. The van der Waals surface area contributed by atoms with Crippen LogP contribution in [0.5, 0.6) is 0 Å². The Kier molecular flexibility index (Phi) is 2.71. The van der Waals surface area contributed by atoms with Crippen LogP contribution < -0.4 is 5.43 Å². The molecule has 70 valence electrons. The highest BCUT2D eigenvalue weighted by molar-refractivity contribution is 6.33. The molecule has 1 aromatic rings. The Labute approximate surface area is 83.5 Å². The molecule has 0 atom stereocenters. The molecule has 0 saturated carbocycles. The Hall–Kier alpha value is -0.730. The standard InChI is InChI=1S/C10H13ClN2/c11-9-5-1-2-6-10(9)12-13-7-3-4-8-13/h1-2,5-6,12H,3-4,7-8H2. The molecule has 0 radical (unpaired) electrons. The van der Waals surface area contributed by atoms with Gasteiger partial charge in [0, 0.05) is 13.1 Å². The van der Waals surface area contributed by atoms with Gasteiger partial charge in [-0.25, -0.2) is 5.01 Å². The van der Waals surface area contributed by atoms with Crippen molar-refractivity contribution in [1.82, 2.24) is 5.01 Å². The van der Waals surface area contributed by atoms with Gasteiger partial charge in [0.05, 0.1) is 10.7 Å². The molecule has 1 saturated heterocycles. The van der Waals surface area contributed by atoms with Crippen molar-refractivity contribution in [2.75, 3.05) is 18.5 Å². The summed E-state index contributed by atoms with van der Waals surface area (Å²) in [7, 11) is 0. The molecule has 1 aromatic carbocycles. The maximum absolute atomic E-state index is 6.01. The Bertz CT molecular complexity index is 282. The van der Waals surface area contributed by atoms with Gasteiger partial charge in [0.2, 0.25) is 0 Å². The second-order valence-electron chi connectivity index (χ2n) is 3.29. The van der Waals surface area contributed by atoms with E-state index in [4.69, 9.17) is 11.6 Å². The van der Waals surface area contributed by atoms with Crippen LogP contribution in [0.4, 0.5) is 5.69 Å². The van der Waals surface area contributed by atoms with E-state index in [1.165, 1.54) is 12.8 Å². The first-order chi connectivity index (χ1) is 6.36. The Morgan fingerprint density at radius 3 is 2.54 bits per heavy atom. The fourth-order valence-electron chi connectivity index (χ4n) is 1.55. The van der Waals surface area contributed by atoms with Crippen LogP contribution >= 0.6 is 11.6 Å². The zero-order chi connectivity index (χ0) is 9.10. The summed E-state index contributed by atoms with van der Waals surface area (Å²) < 4.78 is 0. The van der Waals surface area contributed by atoms with Gasteiger partial charge in [0.25, 0.3) is 0 Å². The van der Waals surface area contributed by atoms with E-state index in [-0.39, 0.29) is 0 Å². The third-order valence-electron chi connectivity index (χ3n) is 2.26. The molecule has 2 rings (SSSR count). The number of hydrogen-bond acceptors (Lipinski definition) is 2. The van der Waals surface area contributed by atoms with Crippen LogP contribution in [0, 0.1) is 0 Å². The van der Waals surface area contributed by atoms with Crippen molar-refractivity contribution in [2.45, 2.75) is 12.8 Å². The minimum Gasteiger partial charge on any atom is -0.317 e. The van der Waals surface area contributed by atoms with E-state index in [0.29, 0.717) is 0 Å². The number of rotatable bonds is 2. The van der Waals surface area contributed by atoms with Gasteiger partial charge in [-0.3, -0.25) is 0 Å². The first-order valence-electron chi connectivity index (χ1n) is 4.62. The van der Waals surface area contributed by atoms with Gasteiger partial charge in [0.1, 0.15) is 0 Å². The molecule has 1 fully saturated rings. The van der Waals surface area contributed by atoms with Crippen LogP contribution in [0.3, 0.4) is 0 Å². The van der Waals surface area contributed by atoms with Gasteiger partial charge in [-0.05, 0) is 25.0 Å². The molecule has 1 aliphatic heterocycles. The van der Waals surface area contributed by atoms with Crippen LogP contribution in [0.1, 0.15) is 12.8 Å². The molecular formula is C10H13ClN2. The average molecular weight is 197 g/mol. The molecule has 0 amide bonds. The monoisotopic (exact) mass is 196 g/mol. The van der Waals surface area contributed by atoms with Crippen molar-refractivity contribution >= 4 is 17.3 Å². The summed E-state index contributed by atoms with van der Waals surface area (Å²) in [5, 5.41) is 3.00. The molecular weight excluding hydrogens is 184 g/mol. The molecule has 13 heavy (non-hydrogen) atoms. The van der Waals surface area contributed by atoms with Crippen molar-refractivity contribution in [3.8, 4) is 0 Å². The van der Waals surface area contributed by atoms with Gasteiger partial charge in [-0.15, -0.1) is 0 Å². The smallest absolute Gasteiger partial charge is 0.0676 e. The minimum atomic E-state index is 0.786. The van der Waals surface area contributed by atoms with E-state index in [0.717, 1.165) is 23.8 Å². The lowest BCUT2D eigenvalue weighted by Gasteiger charge is -2.18. The molecule has 2 nitrogen and oxygen atoms in total. The second kappa shape index (κ2) is 3.99. The summed E-state index contributed by atoms with van der Waals surface area (Å²) in [6.45, 7) is 2.23. The molecule has 0 aromatic heterocycles. The largest absolute Gasteiger partial charge is 0.317 e. The molecule has 0 unspecified atom stereocenters. The number of anilines is 1. The van der Waals surface area contributed by atoms with Crippen molar-refractivity contribution in [2.24, 2.45) is 0 Å². The number of para-hydroxylation sites is 1. The summed E-state index contributed by atoms with van der Waals surface area (Å²) in [4.78, 5) is 0. The predicted octanol–water partition coefficient (Wildman–Crippen LogP) is 2.76. The summed E-state index contributed by atoms with van der Waals surface area (Å²) in [6, 6.07) is 7.84. The molecule has 1 aliphatic rings. The first-order valence-corrected chi connectivity index (χ1v) is 5.00. The predicted molar refractivity (Wildman–Crippen MR) is 55.9 cm³/mol. The Morgan fingerprint density at radius 1 is 1.15 bits per heavy atom. The Balaban J connectivity index is 2.04. The summed E-state index contributed by atoms with van der Waals surface area (Å²) in [6.07, 6.45) is 2.55. The second-order valence-corrected chi connectivity index (χ2v) is 3.69. The van der Waals surface area contributed by atoms with Crippen molar-refractivity contribution in [1.29, 1.82) is 0 Å². The SMILES string of the molecule is Clc1ccccc1NN1CCCC1. The molecule has 0 spiro atoms. The maximum atomic E-state index is 6.01. The minimum absolute atomic E-state index is 0.786. The van der Waals surface area contributed by atoms with Gasteiger partial charge < -0.3 is 5.43 Å². The van der Waals surface area contributed by atoms with E-state index in [9.17, 15) is 0 Å². The zero-order valence-electron chi connectivity index (χ0n) is 7.46. The molecule has 1 N–H and O–H groups in total. The number of benzene rings is 1. The fraction of sp³-hybridized carbons (Fsp3) is 0.400. The molecule has 1 heterocycles. The van der Waals surface area contributed by atoms with Crippen LogP contribution in [0.25, 0.3) is 0 Å². The lowest BCUT2D eigenvalue weighted by Crippen LogP contribution is -2.26. The summed E-state index contributed by atoms with van der Waals surface area (Å²) in [5.74, 6) is 0. The maximum Gasteiger partial charge on any atom is 0.0676 e. The topological polar surface area (TPSA) is 15.3 Å². The quantitative estimate of drug-likeness (QED) is 0.783. The van der Waals surface area contributed by atoms with Crippen molar-refractivity contribution in [3.63, 3.8) is 0 Å². The highest BCUT2D eigenvalue weighted by Crippen LogP contribution is 2.22. The number of nitrogens with one attached hydrogen (secondary N) is 1. The van der Waals surface area contributed by atoms with Crippen LogP contribution in [0.2, 0.25) is 5.02 Å². The summed E-state index contributed by atoms with van der Waals surface area (Å²) in [5.41, 5.74) is 4.32. The van der Waals surface area contributed by atoms with E-state index in [2.05, 4.69) is 10.4 Å². The van der Waals surface area contributed by atoms with Crippen LogP contribution in [-0.2, 0) is 0 Å². The number of nitrogens with zero attached hydrogens (tertiary/aromatic N) is 1. The van der Waals surface area contributed by atoms with Gasteiger partial charge in [0.15, 0.2) is 0 Å². The normalized spacial score (nSPS) is 17.6. The van der Waals surface area contributed by atoms with Crippen molar-refractivity contribution in [3.05, 3.63) is 29.3 Å². The van der Waals surface area contributed by atoms with Gasteiger partial charge >= 0.3 is 0 Å². The van der Waals surface area contributed by atoms with E-state index >= 15 is 0 Å². The lowest BCUT2D eigenvalue weighted by atomic mass is 10.3. The first kappa shape index (κ1) is 8.85. The van der Waals surface area contributed by atoms with E-state index < -0.39 is 0 Å². The van der Waals surface area contributed by atoms with Crippen molar-refractivity contribution < 1.29 is 0 Å². The van der Waals surface area contributed by atoms with Gasteiger partial charge in [-0.2, -0.15) is 0 Å². The van der Waals surface area contributed by atoms with Gasteiger partial charge in [-0.1, -0.05) is 23.7 Å². The number of hydrazine groups is 1. The third-order valence-corrected chi connectivity index (χ3v) is 2.59. The van der Waals surface area contributed by atoms with Crippen LogP contribution in [0.15, 0.2) is 24.3 Å². The number of halogens is 1. The fourth-order valence-corrected chi connectivity index (χ4v) is 1.73. The average Bonchev–Trinajstić information content (AvgIpc) is 2.61. The zero-order valence-corrected chi connectivity index (χ0v) is 8.22. The molecule has 0 bridgehead atoms. The highest BCUT2D eigenvalue weighted by atomic mass is 35.5. The van der Waals surface area contributed by atoms with Crippen LogP contribution in [-0.4, -0.2) is 18.1 Å². The molecule has 0 aliphatic carbocycles. The summed E-state index contributed by atoms with van der Waals surface area (Å²) >= 11 is 6.01. The highest BCUT2D eigenvalue weighted by Gasteiger charge is 2.11. The lowest BCUT2D eigenvalue weighted by molar-refractivity contribution is 0.410. The van der Waals surface area contributed by atoms with E-state index in [1.807, 2.05) is 24.3 Å².